The lowest BCUT2D eigenvalue weighted by atomic mass is 9.95. The lowest BCUT2D eigenvalue weighted by molar-refractivity contribution is 0.0243. The van der Waals surface area contributed by atoms with Crippen LogP contribution in [0.3, 0.4) is 0 Å². The maximum Gasteiger partial charge on any atom is 0.255 e. The van der Waals surface area contributed by atoms with Crippen LogP contribution in [-0.2, 0) is 4.74 Å². The Labute approximate surface area is 163 Å². The van der Waals surface area contributed by atoms with Gasteiger partial charge in [0.25, 0.3) is 5.91 Å². The molecular weight excluding hydrogens is 338 g/mol. The van der Waals surface area contributed by atoms with Gasteiger partial charge in [0.2, 0.25) is 0 Å². The van der Waals surface area contributed by atoms with Crippen LogP contribution in [0.5, 0.6) is 0 Å². The maximum absolute atomic E-state index is 13.3. The van der Waals surface area contributed by atoms with Crippen molar-refractivity contribution in [2.75, 3.05) is 63.9 Å². The number of carbonyl (C=O) groups excluding carboxylic acids is 1. The van der Waals surface area contributed by atoms with Crippen LogP contribution < -0.4 is 4.90 Å². The predicted octanol–water partition coefficient (Wildman–Crippen LogP) is 2.78. The molecule has 0 radical (unpaired) electrons. The van der Waals surface area contributed by atoms with Gasteiger partial charge in [0.1, 0.15) is 0 Å². The quantitative estimate of drug-likeness (QED) is 0.815. The molecule has 0 saturated carbocycles. The van der Waals surface area contributed by atoms with Crippen LogP contribution in [0.15, 0.2) is 18.2 Å². The van der Waals surface area contributed by atoms with E-state index >= 15 is 0 Å². The average molecular weight is 372 g/mol. The Kier molecular flexibility index (Phi) is 5.98. The molecule has 1 aromatic rings. The van der Waals surface area contributed by atoms with Crippen LogP contribution in [0, 0.1) is 12.8 Å². The molecule has 3 fully saturated rings. The van der Waals surface area contributed by atoms with E-state index in [1.54, 1.807) is 0 Å². The number of morpholine rings is 1. The smallest absolute Gasteiger partial charge is 0.255 e. The van der Waals surface area contributed by atoms with Gasteiger partial charge in [-0.15, -0.1) is 0 Å². The Morgan fingerprint density at radius 2 is 1.74 bits per heavy atom. The highest BCUT2D eigenvalue weighted by Gasteiger charge is 2.28. The van der Waals surface area contributed by atoms with E-state index in [-0.39, 0.29) is 5.91 Å². The summed E-state index contributed by atoms with van der Waals surface area (Å²) in [5.41, 5.74) is 3.21. The van der Waals surface area contributed by atoms with E-state index in [4.69, 9.17) is 4.74 Å². The van der Waals surface area contributed by atoms with Crippen molar-refractivity contribution in [2.45, 2.75) is 32.6 Å². The standard InChI is InChI=1S/C22H33N3O2/c1-18-4-5-21(24-8-2-3-9-24)20(16-18)22(26)25-10-6-19(7-11-25)17-23-12-14-27-15-13-23/h4-5,16,19H,2-3,6-15,17H2,1H3. The lowest BCUT2D eigenvalue weighted by Crippen LogP contribution is -2.44. The average Bonchev–Trinajstić information content (AvgIpc) is 3.23. The number of carbonyl (C=O) groups is 1. The molecule has 0 aliphatic carbocycles. The molecule has 1 aromatic carbocycles. The van der Waals surface area contributed by atoms with Crippen molar-refractivity contribution in [3.8, 4) is 0 Å². The molecule has 1 amide bonds. The van der Waals surface area contributed by atoms with E-state index in [2.05, 4.69) is 39.8 Å². The SMILES string of the molecule is Cc1ccc(N2CCCC2)c(C(=O)N2CCC(CN3CCOCC3)CC2)c1. The highest BCUT2D eigenvalue weighted by molar-refractivity contribution is 6.00. The summed E-state index contributed by atoms with van der Waals surface area (Å²) in [7, 11) is 0. The van der Waals surface area contributed by atoms with E-state index in [1.807, 2.05) is 0 Å². The van der Waals surface area contributed by atoms with Crippen LogP contribution in [0.1, 0.15) is 41.6 Å². The van der Waals surface area contributed by atoms with Gasteiger partial charge in [-0.2, -0.15) is 0 Å². The van der Waals surface area contributed by atoms with Gasteiger partial charge in [-0.3, -0.25) is 9.69 Å². The van der Waals surface area contributed by atoms with E-state index in [0.717, 1.165) is 83.1 Å². The number of anilines is 1. The van der Waals surface area contributed by atoms with E-state index in [0.29, 0.717) is 5.92 Å². The topological polar surface area (TPSA) is 36.0 Å². The predicted molar refractivity (Wildman–Crippen MR) is 109 cm³/mol. The van der Waals surface area contributed by atoms with Crippen LogP contribution in [0.25, 0.3) is 0 Å². The van der Waals surface area contributed by atoms with Gasteiger partial charge in [0.05, 0.1) is 18.8 Å². The van der Waals surface area contributed by atoms with Gasteiger partial charge in [-0.1, -0.05) is 11.6 Å². The Hall–Kier alpha value is -1.59. The summed E-state index contributed by atoms with van der Waals surface area (Å²) >= 11 is 0. The minimum Gasteiger partial charge on any atom is -0.379 e. The minimum absolute atomic E-state index is 0.227. The normalized spacial score (nSPS) is 22.4. The summed E-state index contributed by atoms with van der Waals surface area (Å²) in [5, 5.41) is 0. The third-order valence-corrected chi connectivity index (χ3v) is 6.35. The van der Waals surface area contributed by atoms with Gasteiger partial charge in [-0.25, -0.2) is 0 Å². The van der Waals surface area contributed by atoms with Gasteiger partial charge >= 0.3 is 0 Å². The first-order valence-corrected chi connectivity index (χ1v) is 10.7. The summed E-state index contributed by atoms with van der Waals surface area (Å²) in [6, 6.07) is 6.38. The monoisotopic (exact) mass is 371 g/mol. The second-order valence-corrected chi connectivity index (χ2v) is 8.36. The number of likely N-dealkylation sites (tertiary alicyclic amines) is 1. The Balaban J connectivity index is 1.38. The first-order chi connectivity index (χ1) is 13.2. The molecule has 3 aliphatic heterocycles. The molecule has 5 heteroatoms. The van der Waals surface area contributed by atoms with E-state index < -0.39 is 0 Å². The zero-order valence-electron chi connectivity index (χ0n) is 16.7. The zero-order chi connectivity index (χ0) is 18.6. The number of nitrogens with zero attached hydrogens (tertiary/aromatic N) is 3. The summed E-state index contributed by atoms with van der Waals surface area (Å²) in [6.45, 7) is 11.0. The van der Waals surface area contributed by atoms with Gasteiger partial charge in [0.15, 0.2) is 0 Å². The van der Waals surface area contributed by atoms with Crippen LogP contribution in [0.4, 0.5) is 5.69 Å². The summed E-state index contributed by atoms with van der Waals surface area (Å²) in [6.07, 6.45) is 4.70. The highest BCUT2D eigenvalue weighted by Crippen LogP contribution is 2.28. The molecule has 0 unspecified atom stereocenters. The molecule has 0 atom stereocenters. The Bertz CT molecular complexity index is 643. The zero-order valence-corrected chi connectivity index (χ0v) is 16.7. The molecule has 148 valence electrons. The number of hydrogen-bond acceptors (Lipinski definition) is 4. The highest BCUT2D eigenvalue weighted by atomic mass is 16.5. The third kappa shape index (κ3) is 4.46. The largest absolute Gasteiger partial charge is 0.379 e. The third-order valence-electron chi connectivity index (χ3n) is 6.35. The van der Waals surface area contributed by atoms with Crippen molar-refractivity contribution < 1.29 is 9.53 Å². The molecule has 3 saturated heterocycles. The molecule has 3 aliphatic rings. The van der Waals surface area contributed by atoms with Crippen molar-refractivity contribution in [1.82, 2.24) is 9.80 Å². The molecule has 5 nitrogen and oxygen atoms in total. The molecule has 27 heavy (non-hydrogen) atoms. The second kappa shape index (κ2) is 8.61. The Morgan fingerprint density at radius 3 is 2.44 bits per heavy atom. The molecule has 0 spiro atoms. The number of ether oxygens (including phenoxy) is 1. The van der Waals surface area contributed by atoms with E-state index in [9.17, 15) is 4.79 Å². The minimum atomic E-state index is 0.227. The second-order valence-electron chi connectivity index (χ2n) is 8.36. The van der Waals surface area contributed by atoms with Crippen molar-refractivity contribution in [3.05, 3.63) is 29.3 Å². The van der Waals surface area contributed by atoms with Crippen LogP contribution >= 0.6 is 0 Å². The van der Waals surface area contributed by atoms with Crippen molar-refractivity contribution in [1.29, 1.82) is 0 Å². The molecule has 3 heterocycles. The molecule has 4 rings (SSSR count). The Morgan fingerprint density at radius 1 is 1.04 bits per heavy atom. The summed E-state index contributed by atoms with van der Waals surface area (Å²) in [5.74, 6) is 0.938. The molecule has 0 N–H and O–H groups in total. The lowest BCUT2D eigenvalue weighted by Gasteiger charge is -2.36. The number of aryl methyl sites for hydroxylation is 1. The van der Waals surface area contributed by atoms with Crippen LogP contribution in [-0.4, -0.2) is 74.7 Å². The van der Waals surface area contributed by atoms with Crippen molar-refractivity contribution >= 4 is 11.6 Å². The first kappa shape index (κ1) is 18.8. The fraction of sp³-hybridized carbons (Fsp3) is 0.682. The number of benzene rings is 1. The summed E-state index contributed by atoms with van der Waals surface area (Å²) < 4.78 is 5.45. The fourth-order valence-electron chi connectivity index (χ4n) is 4.69. The van der Waals surface area contributed by atoms with Crippen molar-refractivity contribution in [2.24, 2.45) is 5.92 Å². The number of piperidine rings is 1. The maximum atomic E-state index is 13.3. The molecule has 0 bridgehead atoms. The van der Waals surface area contributed by atoms with Gasteiger partial charge < -0.3 is 14.5 Å². The van der Waals surface area contributed by atoms with Crippen molar-refractivity contribution in [3.63, 3.8) is 0 Å². The summed E-state index contributed by atoms with van der Waals surface area (Å²) in [4.78, 5) is 20.3. The number of hydrogen-bond donors (Lipinski definition) is 0. The van der Waals surface area contributed by atoms with Gasteiger partial charge in [-0.05, 0) is 50.7 Å². The first-order valence-electron chi connectivity index (χ1n) is 10.7. The number of rotatable bonds is 4. The number of amides is 1. The van der Waals surface area contributed by atoms with Gasteiger partial charge in [0, 0.05) is 51.5 Å². The van der Waals surface area contributed by atoms with E-state index in [1.165, 1.54) is 18.4 Å². The fourth-order valence-corrected chi connectivity index (χ4v) is 4.69. The van der Waals surface area contributed by atoms with Crippen LogP contribution in [0.2, 0.25) is 0 Å². The molecular formula is C22H33N3O2. The molecule has 0 aromatic heterocycles.